The van der Waals surface area contributed by atoms with Gasteiger partial charge in [-0.15, -0.1) is 0 Å². The lowest BCUT2D eigenvalue weighted by Gasteiger charge is -2.15. The molecule has 18 heavy (non-hydrogen) atoms. The summed E-state index contributed by atoms with van der Waals surface area (Å²) in [5, 5.41) is 0. The van der Waals surface area contributed by atoms with E-state index in [4.69, 9.17) is 0 Å². The Hall–Kier alpha value is -1.82. The van der Waals surface area contributed by atoms with Gasteiger partial charge in [0, 0.05) is 0 Å². The minimum absolute atomic E-state index is 1.29. The van der Waals surface area contributed by atoms with Crippen molar-refractivity contribution in [2.75, 3.05) is 0 Å². The fourth-order valence-electron chi connectivity index (χ4n) is 2.68. The predicted octanol–water partition coefficient (Wildman–Crippen LogP) is 5.06. The molecule has 0 aliphatic rings. The molecule has 0 radical (unpaired) electrons. The second-order valence-electron chi connectivity index (χ2n) is 4.84. The van der Waals surface area contributed by atoms with Crippen molar-refractivity contribution in [1.29, 1.82) is 0 Å². The van der Waals surface area contributed by atoms with Gasteiger partial charge in [-0.05, 0) is 55.5 Å². The van der Waals surface area contributed by atoms with E-state index in [0.717, 1.165) is 0 Å². The highest BCUT2D eigenvalue weighted by Gasteiger charge is 2.10. The smallest absolute Gasteiger partial charge is 0.0123 e. The molecular weight excluding hydrogens is 216 g/mol. The molecule has 0 saturated carbocycles. The average molecular weight is 236 g/mol. The van der Waals surface area contributed by atoms with Crippen LogP contribution in [0.5, 0.6) is 0 Å². The zero-order valence-electron chi connectivity index (χ0n) is 11.6. The monoisotopic (exact) mass is 236 g/mol. The second-order valence-corrected chi connectivity index (χ2v) is 4.84. The lowest BCUT2D eigenvalue weighted by Crippen LogP contribution is -1.96. The summed E-state index contributed by atoms with van der Waals surface area (Å²) < 4.78 is 0. The van der Waals surface area contributed by atoms with E-state index >= 15 is 0 Å². The van der Waals surface area contributed by atoms with Crippen LogP contribution in [0.15, 0.2) is 48.5 Å². The van der Waals surface area contributed by atoms with E-state index in [1.54, 1.807) is 0 Å². The molecule has 0 amide bonds. The van der Waals surface area contributed by atoms with Crippen LogP contribution in [0.25, 0.3) is 5.57 Å². The summed E-state index contributed by atoms with van der Waals surface area (Å²) >= 11 is 0. The zero-order chi connectivity index (χ0) is 13.1. The summed E-state index contributed by atoms with van der Waals surface area (Å²) in [5.41, 5.74) is 8.01. The van der Waals surface area contributed by atoms with Gasteiger partial charge in [0.25, 0.3) is 0 Å². The quantitative estimate of drug-likeness (QED) is 0.683. The summed E-state index contributed by atoms with van der Waals surface area (Å²) in [6.07, 6.45) is 2.21. The first-order valence-electron chi connectivity index (χ1n) is 6.43. The van der Waals surface area contributed by atoms with E-state index in [1.165, 1.54) is 33.4 Å². The van der Waals surface area contributed by atoms with Crippen LogP contribution in [0.2, 0.25) is 0 Å². The maximum absolute atomic E-state index is 2.26. The summed E-state index contributed by atoms with van der Waals surface area (Å²) in [7, 11) is 0. The molecule has 92 valence electrons. The maximum atomic E-state index is 2.26. The number of rotatable bonds is 2. The van der Waals surface area contributed by atoms with Crippen molar-refractivity contribution in [1.82, 2.24) is 0 Å². The normalized spacial score (nSPS) is 11.7. The molecule has 0 aliphatic carbocycles. The third kappa shape index (κ3) is 2.38. The highest BCUT2D eigenvalue weighted by molar-refractivity contribution is 5.82. The standard InChI is InChI=1S/C18H20/c1-5-17(16-9-7-6-8-10-16)18-14(3)11-13(2)12-15(18)4/h5-12H,1-4H3/b17-5-. The highest BCUT2D eigenvalue weighted by atomic mass is 14.1. The van der Waals surface area contributed by atoms with Gasteiger partial charge >= 0.3 is 0 Å². The lowest BCUT2D eigenvalue weighted by molar-refractivity contribution is 1.28. The third-order valence-corrected chi connectivity index (χ3v) is 3.32. The minimum Gasteiger partial charge on any atom is -0.0792 e. The van der Waals surface area contributed by atoms with Gasteiger partial charge < -0.3 is 0 Å². The molecular formula is C18H20. The van der Waals surface area contributed by atoms with Crippen LogP contribution in [-0.2, 0) is 0 Å². The molecule has 0 aromatic heterocycles. The lowest BCUT2D eigenvalue weighted by atomic mass is 9.89. The Morgan fingerprint density at radius 2 is 1.44 bits per heavy atom. The Balaban J connectivity index is 2.61. The van der Waals surface area contributed by atoms with Crippen molar-refractivity contribution in [2.24, 2.45) is 0 Å². The SMILES string of the molecule is C/C=C(/c1ccccc1)c1c(C)cc(C)cc1C. The summed E-state index contributed by atoms with van der Waals surface area (Å²) in [6.45, 7) is 8.66. The highest BCUT2D eigenvalue weighted by Crippen LogP contribution is 2.29. The Morgan fingerprint density at radius 3 is 1.94 bits per heavy atom. The first-order valence-corrected chi connectivity index (χ1v) is 6.43. The van der Waals surface area contributed by atoms with Gasteiger partial charge in [-0.2, -0.15) is 0 Å². The van der Waals surface area contributed by atoms with Crippen LogP contribution in [0.3, 0.4) is 0 Å². The molecule has 0 N–H and O–H groups in total. The number of hydrogen-bond acceptors (Lipinski definition) is 0. The Kier molecular flexibility index (Phi) is 3.66. The average Bonchev–Trinajstić information content (AvgIpc) is 2.34. The molecule has 2 rings (SSSR count). The molecule has 0 heterocycles. The van der Waals surface area contributed by atoms with Crippen molar-refractivity contribution in [3.63, 3.8) is 0 Å². The molecule has 0 unspecified atom stereocenters. The Labute approximate surface area is 110 Å². The van der Waals surface area contributed by atoms with Crippen molar-refractivity contribution < 1.29 is 0 Å². The van der Waals surface area contributed by atoms with Crippen LogP contribution < -0.4 is 0 Å². The van der Waals surface area contributed by atoms with Gasteiger partial charge in [-0.3, -0.25) is 0 Å². The van der Waals surface area contributed by atoms with Crippen molar-refractivity contribution in [3.05, 3.63) is 76.4 Å². The van der Waals surface area contributed by atoms with E-state index < -0.39 is 0 Å². The van der Waals surface area contributed by atoms with Gasteiger partial charge in [-0.25, -0.2) is 0 Å². The third-order valence-electron chi connectivity index (χ3n) is 3.32. The number of aryl methyl sites for hydroxylation is 3. The second kappa shape index (κ2) is 5.22. The Morgan fingerprint density at radius 1 is 0.889 bits per heavy atom. The number of allylic oxidation sites excluding steroid dienone is 1. The van der Waals surface area contributed by atoms with Crippen LogP contribution in [0.1, 0.15) is 34.7 Å². The molecule has 2 aromatic rings. The van der Waals surface area contributed by atoms with E-state index in [1.807, 2.05) is 0 Å². The molecule has 0 fully saturated rings. The van der Waals surface area contributed by atoms with Gasteiger partial charge in [-0.1, -0.05) is 54.1 Å². The predicted molar refractivity (Wildman–Crippen MR) is 79.8 cm³/mol. The molecule has 0 bridgehead atoms. The number of hydrogen-bond donors (Lipinski definition) is 0. The molecule has 0 saturated heterocycles. The Bertz CT molecular complexity index is 551. The molecule has 0 heteroatoms. The maximum Gasteiger partial charge on any atom is -0.0123 e. The first-order chi connectivity index (χ1) is 8.63. The van der Waals surface area contributed by atoms with E-state index in [9.17, 15) is 0 Å². The summed E-state index contributed by atoms with van der Waals surface area (Å²) in [5.74, 6) is 0. The number of benzene rings is 2. The topological polar surface area (TPSA) is 0 Å². The van der Waals surface area contributed by atoms with Crippen LogP contribution in [0, 0.1) is 20.8 Å². The largest absolute Gasteiger partial charge is 0.0792 e. The summed E-state index contributed by atoms with van der Waals surface area (Å²) in [4.78, 5) is 0. The molecule has 0 atom stereocenters. The first kappa shape index (κ1) is 12.6. The summed E-state index contributed by atoms with van der Waals surface area (Å²) in [6, 6.07) is 15.1. The van der Waals surface area contributed by atoms with Crippen molar-refractivity contribution in [3.8, 4) is 0 Å². The van der Waals surface area contributed by atoms with Gasteiger partial charge in [0.2, 0.25) is 0 Å². The molecule has 2 aromatic carbocycles. The van der Waals surface area contributed by atoms with Crippen LogP contribution in [-0.4, -0.2) is 0 Å². The van der Waals surface area contributed by atoms with Crippen LogP contribution in [0.4, 0.5) is 0 Å². The fraction of sp³-hybridized carbons (Fsp3) is 0.222. The van der Waals surface area contributed by atoms with Gasteiger partial charge in [0.05, 0.1) is 0 Å². The van der Waals surface area contributed by atoms with Crippen LogP contribution >= 0.6 is 0 Å². The van der Waals surface area contributed by atoms with E-state index in [-0.39, 0.29) is 0 Å². The van der Waals surface area contributed by atoms with E-state index in [0.29, 0.717) is 0 Å². The molecule has 0 aliphatic heterocycles. The zero-order valence-corrected chi connectivity index (χ0v) is 11.6. The molecule has 0 spiro atoms. The van der Waals surface area contributed by atoms with Gasteiger partial charge in [0.15, 0.2) is 0 Å². The van der Waals surface area contributed by atoms with Crippen molar-refractivity contribution in [2.45, 2.75) is 27.7 Å². The molecule has 0 nitrogen and oxygen atoms in total. The van der Waals surface area contributed by atoms with E-state index in [2.05, 4.69) is 76.2 Å². The fourth-order valence-corrected chi connectivity index (χ4v) is 2.68. The van der Waals surface area contributed by atoms with Gasteiger partial charge in [0.1, 0.15) is 0 Å². The minimum atomic E-state index is 1.29. The van der Waals surface area contributed by atoms with Crippen molar-refractivity contribution >= 4 is 5.57 Å².